The Morgan fingerprint density at radius 3 is 2.38 bits per heavy atom. The summed E-state index contributed by atoms with van der Waals surface area (Å²) in [5.74, 6) is 2.01. The van der Waals surface area contributed by atoms with Crippen LogP contribution in [-0.2, 0) is 0 Å². The molecule has 0 spiro atoms. The molecule has 2 atom stereocenters. The zero-order valence-corrected chi connectivity index (χ0v) is 13.1. The highest BCUT2D eigenvalue weighted by Crippen LogP contribution is 2.40. The number of nitrogens with two attached hydrogens (primary N) is 1. The Bertz CT molecular complexity index is 524. The molecular weight excluding hydrogens is 260 g/mol. The number of hydrogen-bond acceptors (Lipinski definition) is 2. The Morgan fingerprint density at radius 2 is 1.81 bits per heavy atom. The molecule has 0 radical (unpaired) electrons. The predicted octanol–water partition coefficient (Wildman–Crippen LogP) is 3.36. The fraction of sp³-hybridized carbons (Fsp3) is 0.611. The summed E-state index contributed by atoms with van der Waals surface area (Å²) < 4.78 is 0. The second kappa shape index (κ2) is 5.70. The predicted molar refractivity (Wildman–Crippen MR) is 86.5 cm³/mol. The SMILES string of the molecule is Cc1ccc(C(N)=O)c(N2CC3CCCCC(C2)C3C)c1. The van der Waals surface area contributed by atoms with E-state index in [0.29, 0.717) is 5.56 Å². The van der Waals surface area contributed by atoms with Crippen molar-refractivity contribution in [2.75, 3.05) is 18.0 Å². The van der Waals surface area contributed by atoms with Crippen LogP contribution in [0.25, 0.3) is 0 Å². The van der Waals surface area contributed by atoms with Gasteiger partial charge in [0.15, 0.2) is 0 Å². The number of carbonyl (C=O) groups is 1. The van der Waals surface area contributed by atoms with Crippen molar-refractivity contribution in [3.8, 4) is 0 Å². The van der Waals surface area contributed by atoms with Gasteiger partial charge in [-0.3, -0.25) is 4.79 Å². The van der Waals surface area contributed by atoms with Crippen molar-refractivity contribution >= 4 is 11.6 Å². The Kier molecular flexibility index (Phi) is 3.92. The molecule has 1 saturated heterocycles. The monoisotopic (exact) mass is 286 g/mol. The highest BCUT2D eigenvalue weighted by molar-refractivity contribution is 5.98. The molecule has 21 heavy (non-hydrogen) atoms. The second-order valence-electron chi connectivity index (χ2n) is 6.95. The number of primary amides is 1. The first-order chi connectivity index (χ1) is 10.1. The fourth-order valence-corrected chi connectivity index (χ4v) is 4.19. The van der Waals surface area contributed by atoms with Gasteiger partial charge >= 0.3 is 0 Å². The van der Waals surface area contributed by atoms with E-state index < -0.39 is 0 Å². The summed E-state index contributed by atoms with van der Waals surface area (Å²) in [4.78, 5) is 14.2. The summed E-state index contributed by atoms with van der Waals surface area (Å²) in [6, 6.07) is 5.99. The van der Waals surface area contributed by atoms with E-state index in [1.807, 2.05) is 12.1 Å². The molecule has 1 aliphatic heterocycles. The zero-order valence-electron chi connectivity index (χ0n) is 13.1. The first kappa shape index (κ1) is 14.4. The molecule has 2 fully saturated rings. The summed E-state index contributed by atoms with van der Waals surface area (Å²) in [7, 11) is 0. The molecule has 0 aromatic heterocycles. The Morgan fingerprint density at radius 1 is 1.19 bits per heavy atom. The largest absolute Gasteiger partial charge is 0.370 e. The maximum absolute atomic E-state index is 11.8. The second-order valence-corrected chi connectivity index (χ2v) is 6.95. The van der Waals surface area contributed by atoms with E-state index in [1.54, 1.807) is 0 Å². The first-order valence-corrected chi connectivity index (χ1v) is 8.21. The third-order valence-electron chi connectivity index (χ3n) is 5.56. The van der Waals surface area contributed by atoms with Crippen LogP contribution in [0.1, 0.15) is 48.5 Å². The molecule has 2 bridgehead atoms. The minimum Gasteiger partial charge on any atom is -0.370 e. The van der Waals surface area contributed by atoms with Crippen LogP contribution in [0.15, 0.2) is 18.2 Å². The van der Waals surface area contributed by atoms with Crippen molar-refractivity contribution in [2.45, 2.75) is 39.5 Å². The zero-order chi connectivity index (χ0) is 15.0. The number of nitrogens with zero attached hydrogens (tertiary/aromatic N) is 1. The number of anilines is 1. The number of benzene rings is 1. The number of aryl methyl sites for hydroxylation is 1. The molecule has 1 aliphatic carbocycles. The first-order valence-electron chi connectivity index (χ1n) is 8.21. The van der Waals surface area contributed by atoms with E-state index in [-0.39, 0.29) is 5.91 Å². The van der Waals surface area contributed by atoms with Gasteiger partial charge in [0, 0.05) is 18.8 Å². The summed E-state index contributed by atoms with van der Waals surface area (Å²) in [6.07, 6.45) is 5.36. The third kappa shape index (κ3) is 2.78. The summed E-state index contributed by atoms with van der Waals surface area (Å²) in [6.45, 7) is 6.64. The molecule has 2 unspecified atom stereocenters. The van der Waals surface area contributed by atoms with Crippen LogP contribution < -0.4 is 10.6 Å². The molecule has 1 aromatic carbocycles. The van der Waals surface area contributed by atoms with E-state index in [4.69, 9.17) is 5.73 Å². The van der Waals surface area contributed by atoms with Crippen LogP contribution in [0.2, 0.25) is 0 Å². The van der Waals surface area contributed by atoms with Gasteiger partial charge in [-0.05, 0) is 55.2 Å². The van der Waals surface area contributed by atoms with E-state index in [1.165, 1.54) is 31.2 Å². The van der Waals surface area contributed by atoms with Gasteiger partial charge in [0.05, 0.1) is 5.56 Å². The molecule has 3 heteroatoms. The molecule has 114 valence electrons. The van der Waals surface area contributed by atoms with Crippen LogP contribution in [-0.4, -0.2) is 19.0 Å². The number of hydrogen-bond donors (Lipinski definition) is 1. The Balaban J connectivity index is 1.94. The van der Waals surface area contributed by atoms with Crippen LogP contribution >= 0.6 is 0 Å². The standard InChI is InChI=1S/C18H26N2O/c1-12-7-8-16(18(19)21)17(9-12)20-10-14-5-3-4-6-15(11-20)13(14)2/h7-9,13-15H,3-6,10-11H2,1-2H3,(H2,19,21). The lowest BCUT2D eigenvalue weighted by molar-refractivity contribution is 0.100. The Hall–Kier alpha value is -1.51. The van der Waals surface area contributed by atoms with E-state index >= 15 is 0 Å². The third-order valence-corrected chi connectivity index (χ3v) is 5.56. The topological polar surface area (TPSA) is 46.3 Å². The molecule has 2 aliphatic rings. The Labute approximate surface area is 127 Å². The molecular formula is C18H26N2O. The normalized spacial score (nSPS) is 29.0. The lowest BCUT2D eigenvalue weighted by Crippen LogP contribution is -2.45. The van der Waals surface area contributed by atoms with Gasteiger partial charge in [0.2, 0.25) is 0 Å². The molecule has 2 N–H and O–H groups in total. The number of carbonyl (C=O) groups excluding carboxylic acids is 1. The maximum atomic E-state index is 11.8. The smallest absolute Gasteiger partial charge is 0.250 e. The molecule has 3 rings (SSSR count). The van der Waals surface area contributed by atoms with Gasteiger partial charge in [0.1, 0.15) is 0 Å². The van der Waals surface area contributed by atoms with Gasteiger partial charge < -0.3 is 10.6 Å². The van der Waals surface area contributed by atoms with Crippen molar-refractivity contribution in [2.24, 2.45) is 23.5 Å². The molecule has 1 amide bonds. The highest BCUT2D eigenvalue weighted by atomic mass is 16.1. The van der Waals surface area contributed by atoms with Crippen molar-refractivity contribution in [3.05, 3.63) is 29.3 Å². The van der Waals surface area contributed by atoms with Crippen LogP contribution in [0.3, 0.4) is 0 Å². The number of fused-ring (bicyclic) bond motifs is 2. The minimum atomic E-state index is -0.313. The van der Waals surface area contributed by atoms with Crippen molar-refractivity contribution in [3.63, 3.8) is 0 Å². The summed E-state index contributed by atoms with van der Waals surface area (Å²) in [5, 5.41) is 0. The van der Waals surface area contributed by atoms with Gasteiger partial charge in [-0.25, -0.2) is 0 Å². The van der Waals surface area contributed by atoms with Crippen LogP contribution in [0, 0.1) is 24.7 Å². The van der Waals surface area contributed by atoms with Gasteiger partial charge in [-0.15, -0.1) is 0 Å². The van der Waals surface area contributed by atoms with Crippen molar-refractivity contribution < 1.29 is 4.79 Å². The summed E-state index contributed by atoms with van der Waals surface area (Å²) in [5.41, 5.74) is 8.49. The lowest BCUT2D eigenvalue weighted by Gasteiger charge is -2.43. The van der Waals surface area contributed by atoms with Gasteiger partial charge in [-0.2, -0.15) is 0 Å². The average Bonchev–Trinajstić information content (AvgIpc) is 2.56. The molecule has 3 nitrogen and oxygen atoms in total. The number of rotatable bonds is 2. The lowest BCUT2D eigenvalue weighted by atomic mass is 9.78. The van der Waals surface area contributed by atoms with Crippen molar-refractivity contribution in [1.82, 2.24) is 0 Å². The number of amides is 1. The van der Waals surface area contributed by atoms with E-state index in [9.17, 15) is 4.79 Å². The average molecular weight is 286 g/mol. The fourth-order valence-electron chi connectivity index (χ4n) is 4.19. The van der Waals surface area contributed by atoms with E-state index in [2.05, 4.69) is 24.8 Å². The van der Waals surface area contributed by atoms with Crippen molar-refractivity contribution in [1.29, 1.82) is 0 Å². The molecule has 1 heterocycles. The maximum Gasteiger partial charge on any atom is 0.250 e. The van der Waals surface area contributed by atoms with Crippen LogP contribution in [0.5, 0.6) is 0 Å². The molecule has 1 aromatic rings. The van der Waals surface area contributed by atoms with E-state index in [0.717, 1.165) is 36.5 Å². The highest BCUT2D eigenvalue weighted by Gasteiger charge is 2.36. The quantitative estimate of drug-likeness (QED) is 0.906. The van der Waals surface area contributed by atoms with Gasteiger partial charge in [-0.1, -0.05) is 25.8 Å². The number of piperidine rings is 1. The van der Waals surface area contributed by atoms with Gasteiger partial charge in [0.25, 0.3) is 5.91 Å². The van der Waals surface area contributed by atoms with Crippen LogP contribution in [0.4, 0.5) is 5.69 Å². The molecule has 1 saturated carbocycles. The summed E-state index contributed by atoms with van der Waals surface area (Å²) >= 11 is 0. The minimum absolute atomic E-state index is 0.313.